The number of aryl methyl sites for hydroxylation is 1. The molecule has 1 heterocycles. The Morgan fingerprint density at radius 2 is 2.00 bits per heavy atom. The molecule has 0 spiro atoms. The van der Waals surface area contributed by atoms with Crippen LogP contribution in [0.2, 0.25) is 5.02 Å². The van der Waals surface area contributed by atoms with Gasteiger partial charge in [0.05, 0.1) is 16.2 Å². The number of hydrogen-bond donors (Lipinski definition) is 3. The fourth-order valence-corrected chi connectivity index (χ4v) is 3.07. The highest BCUT2D eigenvalue weighted by Gasteiger charge is 2.13. The van der Waals surface area contributed by atoms with Gasteiger partial charge in [-0.15, -0.1) is 10.2 Å². The topological polar surface area (TPSA) is 107 Å². The van der Waals surface area contributed by atoms with Gasteiger partial charge in [0, 0.05) is 22.7 Å². The Hall–Kier alpha value is -2.71. The minimum atomic E-state index is -0.572. The molecule has 3 aromatic rings. The third-order valence-electron chi connectivity index (χ3n) is 4.01. The molecule has 0 aliphatic heterocycles. The molecular weight excluding hydrogens is 448 g/mol. The van der Waals surface area contributed by atoms with E-state index in [0.29, 0.717) is 21.6 Å². The summed E-state index contributed by atoms with van der Waals surface area (Å²) in [6, 6.07) is 10.5. The number of rotatable bonds is 5. The highest BCUT2D eigenvalue weighted by molar-refractivity contribution is 9.10. The van der Waals surface area contributed by atoms with Gasteiger partial charge >= 0.3 is 0 Å². The summed E-state index contributed by atoms with van der Waals surface area (Å²) in [6.45, 7) is 1.90. The van der Waals surface area contributed by atoms with Gasteiger partial charge in [-0.05, 0) is 36.8 Å². The van der Waals surface area contributed by atoms with E-state index in [1.165, 1.54) is 0 Å². The molecule has 2 amide bonds. The lowest BCUT2D eigenvalue weighted by Gasteiger charge is -2.05. The van der Waals surface area contributed by atoms with Gasteiger partial charge in [-0.1, -0.05) is 39.7 Å². The van der Waals surface area contributed by atoms with Crippen LogP contribution in [-0.2, 0) is 9.59 Å². The maximum absolute atomic E-state index is 12.0. The summed E-state index contributed by atoms with van der Waals surface area (Å²) in [5.74, 6) is -1.11. The molecule has 28 heavy (non-hydrogen) atoms. The molecule has 0 radical (unpaired) electrons. The first kappa shape index (κ1) is 20.0. The third-order valence-corrected chi connectivity index (χ3v) is 5.19. The van der Waals surface area contributed by atoms with Gasteiger partial charge in [-0.25, -0.2) is 0 Å². The van der Waals surface area contributed by atoms with Crippen molar-refractivity contribution in [3.63, 3.8) is 0 Å². The number of para-hydroxylation sites is 1. The van der Waals surface area contributed by atoms with Crippen LogP contribution in [-0.4, -0.2) is 21.9 Å². The number of hydrogen-bond acceptors (Lipinski definition) is 4. The zero-order valence-electron chi connectivity index (χ0n) is 14.8. The molecule has 2 aromatic carbocycles. The molecule has 0 unspecified atom stereocenters. The van der Waals surface area contributed by atoms with Crippen molar-refractivity contribution < 1.29 is 14.7 Å². The Morgan fingerprint density at radius 1 is 1.25 bits per heavy atom. The molecule has 3 rings (SSSR count). The lowest BCUT2D eigenvalue weighted by Crippen LogP contribution is -2.13. The number of anilines is 1. The van der Waals surface area contributed by atoms with Crippen molar-refractivity contribution >= 4 is 61.6 Å². The molecule has 1 aromatic heterocycles. The van der Waals surface area contributed by atoms with E-state index in [-0.39, 0.29) is 30.3 Å². The predicted octanol–water partition coefficient (Wildman–Crippen LogP) is 5.63. The van der Waals surface area contributed by atoms with Crippen LogP contribution in [0.1, 0.15) is 18.4 Å². The van der Waals surface area contributed by atoms with Crippen LogP contribution in [0.3, 0.4) is 0 Å². The zero-order valence-corrected chi connectivity index (χ0v) is 17.1. The summed E-state index contributed by atoms with van der Waals surface area (Å²) < 4.78 is 0.880. The highest BCUT2D eigenvalue weighted by Crippen LogP contribution is 2.37. The van der Waals surface area contributed by atoms with E-state index >= 15 is 0 Å². The van der Waals surface area contributed by atoms with Crippen molar-refractivity contribution in [2.75, 3.05) is 5.32 Å². The van der Waals surface area contributed by atoms with E-state index < -0.39 is 5.91 Å². The molecule has 0 aliphatic carbocycles. The maximum atomic E-state index is 12.0. The Balaban J connectivity index is 1.63. The Bertz CT molecular complexity index is 1090. The van der Waals surface area contributed by atoms with Gasteiger partial charge in [-0.3, -0.25) is 9.59 Å². The molecular formula is C19H16BrClN4O3. The lowest BCUT2D eigenvalue weighted by atomic mass is 10.1. The van der Waals surface area contributed by atoms with E-state index in [9.17, 15) is 14.7 Å². The fourth-order valence-electron chi connectivity index (χ4n) is 2.55. The van der Waals surface area contributed by atoms with Crippen LogP contribution in [0.4, 0.5) is 11.4 Å². The molecule has 0 aliphatic rings. The van der Waals surface area contributed by atoms with Gasteiger partial charge in [0.15, 0.2) is 5.69 Å². The average Bonchev–Trinajstić information content (AvgIpc) is 2.95. The minimum Gasteiger partial charge on any atom is -0.493 e. The molecule has 3 N–H and O–H groups in total. The van der Waals surface area contributed by atoms with Crippen LogP contribution in [0, 0.1) is 6.92 Å². The van der Waals surface area contributed by atoms with Gasteiger partial charge in [0.25, 0.3) is 5.91 Å². The number of aromatic hydroxyl groups is 1. The monoisotopic (exact) mass is 462 g/mol. The van der Waals surface area contributed by atoms with Gasteiger partial charge < -0.3 is 15.4 Å². The number of aromatic nitrogens is 1. The molecule has 0 saturated heterocycles. The smallest absolute Gasteiger partial charge is 0.265 e. The first-order valence-electron chi connectivity index (χ1n) is 8.35. The van der Waals surface area contributed by atoms with Crippen molar-refractivity contribution in [1.29, 1.82) is 0 Å². The summed E-state index contributed by atoms with van der Waals surface area (Å²) in [6.07, 6.45) is -0.178. The van der Waals surface area contributed by atoms with Crippen LogP contribution in [0.15, 0.2) is 51.1 Å². The largest absolute Gasteiger partial charge is 0.493 e. The number of nitrogens with zero attached hydrogens (tertiary/aromatic N) is 2. The zero-order chi connectivity index (χ0) is 20.3. The van der Waals surface area contributed by atoms with E-state index in [0.717, 1.165) is 10.0 Å². The minimum absolute atomic E-state index is 0.0605. The van der Waals surface area contributed by atoms with Crippen LogP contribution in [0.5, 0.6) is 5.88 Å². The second kappa shape index (κ2) is 8.53. The number of halogens is 2. The molecule has 144 valence electrons. The van der Waals surface area contributed by atoms with Gasteiger partial charge in [-0.2, -0.15) is 0 Å². The van der Waals surface area contributed by atoms with E-state index in [2.05, 4.69) is 36.5 Å². The normalized spacial score (nSPS) is 11.2. The number of nitrogens with one attached hydrogen (secondary N) is 2. The standard InChI is InChI=1S/C19H16BrClN4O3/c1-10-8-11-15(9-12(10)20)23-19(28)18(11)25-24-17(27)7-6-16(26)22-14-5-3-2-4-13(14)21/h2-5,8-9,23,28H,6-7H2,1H3,(H,22,26). The van der Waals surface area contributed by atoms with Crippen LogP contribution < -0.4 is 5.32 Å². The van der Waals surface area contributed by atoms with Crippen molar-refractivity contribution in [2.45, 2.75) is 19.8 Å². The maximum Gasteiger partial charge on any atom is 0.265 e. The SMILES string of the molecule is Cc1cc2c(N=NC(=O)CCC(=O)Nc3ccccc3Cl)c(O)[nH]c2cc1Br. The first-order chi connectivity index (χ1) is 13.3. The number of carbonyl (C=O) groups is 2. The number of azo groups is 1. The summed E-state index contributed by atoms with van der Waals surface area (Å²) in [5, 5.41) is 21.2. The molecule has 0 fully saturated rings. The number of benzene rings is 2. The molecule has 0 bridgehead atoms. The van der Waals surface area contributed by atoms with Crippen LogP contribution >= 0.6 is 27.5 Å². The molecule has 0 saturated carbocycles. The van der Waals surface area contributed by atoms with Gasteiger partial charge in [0.2, 0.25) is 11.8 Å². The third kappa shape index (κ3) is 4.58. The quantitative estimate of drug-likeness (QED) is 0.427. The van der Waals surface area contributed by atoms with Crippen LogP contribution in [0.25, 0.3) is 10.9 Å². The molecule has 0 atom stereocenters. The number of carbonyl (C=O) groups excluding carboxylic acids is 2. The fraction of sp³-hybridized carbons (Fsp3) is 0.158. The summed E-state index contributed by atoms with van der Waals surface area (Å²) in [5.41, 5.74) is 2.27. The van der Waals surface area contributed by atoms with E-state index in [1.807, 2.05) is 19.1 Å². The summed E-state index contributed by atoms with van der Waals surface area (Å²) in [7, 11) is 0. The van der Waals surface area contributed by atoms with Crippen molar-refractivity contribution in [3.05, 3.63) is 51.5 Å². The van der Waals surface area contributed by atoms with E-state index in [1.54, 1.807) is 24.3 Å². The van der Waals surface area contributed by atoms with Crippen molar-refractivity contribution in [2.24, 2.45) is 10.2 Å². The number of fused-ring (bicyclic) bond motifs is 1. The van der Waals surface area contributed by atoms with Gasteiger partial charge in [0.1, 0.15) is 0 Å². The van der Waals surface area contributed by atoms with Crippen molar-refractivity contribution in [1.82, 2.24) is 4.98 Å². The Morgan fingerprint density at radius 3 is 2.75 bits per heavy atom. The number of H-pyrrole nitrogens is 1. The summed E-state index contributed by atoms with van der Waals surface area (Å²) >= 11 is 9.39. The predicted molar refractivity (Wildman–Crippen MR) is 111 cm³/mol. The van der Waals surface area contributed by atoms with Crippen molar-refractivity contribution in [3.8, 4) is 5.88 Å². The Labute approximate surface area is 173 Å². The summed E-state index contributed by atoms with van der Waals surface area (Å²) in [4.78, 5) is 26.7. The second-order valence-electron chi connectivity index (χ2n) is 6.09. The number of amides is 2. The highest BCUT2D eigenvalue weighted by atomic mass is 79.9. The number of aromatic amines is 1. The van der Waals surface area contributed by atoms with E-state index in [4.69, 9.17) is 11.6 Å². The first-order valence-corrected chi connectivity index (χ1v) is 9.52. The average molecular weight is 464 g/mol. The molecule has 7 nitrogen and oxygen atoms in total. The molecule has 9 heteroatoms. The lowest BCUT2D eigenvalue weighted by molar-refractivity contribution is -0.122. The Kier molecular flexibility index (Phi) is 6.11. The second-order valence-corrected chi connectivity index (χ2v) is 7.35.